The van der Waals surface area contributed by atoms with Crippen LogP contribution in [0.2, 0.25) is 5.02 Å². The topological polar surface area (TPSA) is 30.2 Å². The van der Waals surface area contributed by atoms with Crippen molar-refractivity contribution in [2.45, 2.75) is 0 Å². The molecule has 0 fully saturated rings. The molecule has 0 N–H and O–H groups in total. The van der Waals surface area contributed by atoms with Crippen molar-refractivity contribution < 1.29 is 4.42 Å². The van der Waals surface area contributed by atoms with Gasteiger partial charge in [0.15, 0.2) is 5.43 Å². The van der Waals surface area contributed by atoms with Gasteiger partial charge in [0.05, 0.1) is 0 Å². The molecule has 0 aliphatic carbocycles. The maximum atomic E-state index is 11.8. The van der Waals surface area contributed by atoms with Gasteiger partial charge >= 0.3 is 0 Å². The van der Waals surface area contributed by atoms with Gasteiger partial charge in [0.1, 0.15) is 11.5 Å². The molecule has 0 saturated heterocycles. The van der Waals surface area contributed by atoms with E-state index in [1.807, 2.05) is 60.7 Å². The molecular formula is C19H13ClO2. The molecule has 3 heteroatoms. The second-order valence-electron chi connectivity index (χ2n) is 4.81. The summed E-state index contributed by atoms with van der Waals surface area (Å²) >= 11 is 5.85. The van der Waals surface area contributed by atoms with Crippen molar-refractivity contribution in [3.63, 3.8) is 0 Å². The molecule has 0 radical (unpaired) electrons. The highest BCUT2D eigenvalue weighted by atomic mass is 35.5. The Morgan fingerprint density at radius 1 is 0.864 bits per heavy atom. The van der Waals surface area contributed by atoms with Crippen LogP contribution < -0.4 is 5.43 Å². The smallest absolute Gasteiger partial charge is 0.186 e. The third kappa shape index (κ3) is 3.54. The first-order valence-corrected chi connectivity index (χ1v) is 7.23. The molecule has 0 amide bonds. The molecule has 1 aromatic heterocycles. The van der Waals surface area contributed by atoms with Gasteiger partial charge in [-0.2, -0.15) is 0 Å². The molecule has 0 spiro atoms. The zero-order valence-corrected chi connectivity index (χ0v) is 12.5. The quantitative estimate of drug-likeness (QED) is 0.671. The highest BCUT2D eigenvalue weighted by Crippen LogP contribution is 2.19. The lowest BCUT2D eigenvalue weighted by Gasteiger charge is -2.01. The molecule has 1 heterocycles. The van der Waals surface area contributed by atoms with Gasteiger partial charge in [0, 0.05) is 22.7 Å². The van der Waals surface area contributed by atoms with Crippen molar-refractivity contribution in [2.24, 2.45) is 0 Å². The number of rotatable bonds is 3. The van der Waals surface area contributed by atoms with Crippen LogP contribution >= 0.6 is 11.6 Å². The van der Waals surface area contributed by atoms with Crippen LogP contribution in [0.25, 0.3) is 23.5 Å². The molecule has 0 unspecified atom stereocenters. The number of benzene rings is 2. The van der Waals surface area contributed by atoms with Crippen LogP contribution in [0.4, 0.5) is 0 Å². The lowest BCUT2D eigenvalue weighted by molar-refractivity contribution is 0.554. The summed E-state index contributed by atoms with van der Waals surface area (Å²) in [5.74, 6) is 1.07. The van der Waals surface area contributed by atoms with E-state index in [0.29, 0.717) is 16.5 Å². The molecule has 2 nitrogen and oxygen atoms in total. The Bertz CT molecular complexity index is 847. The molecule has 0 bridgehead atoms. The van der Waals surface area contributed by atoms with E-state index in [1.54, 1.807) is 6.08 Å². The average Bonchev–Trinajstić information content (AvgIpc) is 2.55. The number of hydrogen-bond acceptors (Lipinski definition) is 2. The van der Waals surface area contributed by atoms with Crippen molar-refractivity contribution in [1.29, 1.82) is 0 Å². The van der Waals surface area contributed by atoms with Crippen LogP contribution in [0.5, 0.6) is 0 Å². The minimum atomic E-state index is -0.0825. The second-order valence-corrected chi connectivity index (χ2v) is 5.25. The van der Waals surface area contributed by atoms with Crippen LogP contribution in [-0.4, -0.2) is 0 Å². The van der Waals surface area contributed by atoms with Crippen molar-refractivity contribution in [3.05, 3.63) is 93.3 Å². The van der Waals surface area contributed by atoms with Crippen LogP contribution in [0.3, 0.4) is 0 Å². The van der Waals surface area contributed by atoms with Gasteiger partial charge in [-0.05, 0) is 23.8 Å². The van der Waals surface area contributed by atoms with E-state index in [2.05, 4.69) is 0 Å². The van der Waals surface area contributed by atoms with Crippen molar-refractivity contribution in [3.8, 4) is 11.3 Å². The number of halogens is 1. The molecule has 2 aromatic carbocycles. The van der Waals surface area contributed by atoms with Gasteiger partial charge in [0.25, 0.3) is 0 Å². The summed E-state index contributed by atoms with van der Waals surface area (Å²) in [6.07, 6.45) is 3.65. The summed E-state index contributed by atoms with van der Waals surface area (Å²) in [4.78, 5) is 11.8. The minimum absolute atomic E-state index is 0.0825. The molecular weight excluding hydrogens is 296 g/mol. The van der Waals surface area contributed by atoms with Gasteiger partial charge in [-0.15, -0.1) is 0 Å². The van der Waals surface area contributed by atoms with Crippen LogP contribution in [0, 0.1) is 0 Å². The van der Waals surface area contributed by atoms with Gasteiger partial charge in [-0.1, -0.05) is 60.1 Å². The van der Waals surface area contributed by atoms with E-state index in [9.17, 15) is 4.79 Å². The number of hydrogen-bond donors (Lipinski definition) is 0. The minimum Gasteiger partial charge on any atom is -0.456 e. The SMILES string of the molecule is O=c1cc(/C=C/c2ccc(Cl)cc2)oc(-c2ccccc2)c1. The average molecular weight is 309 g/mol. The van der Waals surface area contributed by atoms with E-state index >= 15 is 0 Å². The fraction of sp³-hybridized carbons (Fsp3) is 0. The largest absolute Gasteiger partial charge is 0.456 e. The van der Waals surface area contributed by atoms with E-state index in [4.69, 9.17) is 16.0 Å². The standard InChI is InChI=1S/C19H13ClO2/c20-16-9-6-14(7-10-16)8-11-18-12-17(21)13-19(22-18)15-4-2-1-3-5-15/h1-13H/b11-8+. The third-order valence-corrected chi connectivity index (χ3v) is 3.41. The zero-order chi connectivity index (χ0) is 15.4. The monoisotopic (exact) mass is 308 g/mol. The Balaban J connectivity index is 1.93. The molecule has 0 aliphatic heterocycles. The highest BCUT2D eigenvalue weighted by Gasteiger charge is 2.02. The third-order valence-electron chi connectivity index (χ3n) is 3.15. The predicted octanol–water partition coefficient (Wildman–Crippen LogP) is 5.13. The first-order chi connectivity index (χ1) is 10.7. The Labute approximate surface area is 133 Å². The molecule has 22 heavy (non-hydrogen) atoms. The summed E-state index contributed by atoms with van der Waals surface area (Å²) in [5, 5.41) is 0.690. The summed E-state index contributed by atoms with van der Waals surface area (Å²) in [7, 11) is 0. The summed E-state index contributed by atoms with van der Waals surface area (Å²) in [6.45, 7) is 0. The van der Waals surface area contributed by atoms with Crippen molar-refractivity contribution in [1.82, 2.24) is 0 Å². The first-order valence-electron chi connectivity index (χ1n) is 6.85. The Hall–Kier alpha value is -2.58. The zero-order valence-electron chi connectivity index (χ0n) is 11.7. The molecule has 3 aromatic rings. The highest BCUT2D eigenvalue weighted by molar-refractivity contribution is 6.30. The molecule has 108 valence electrons. The van der Waals surface area contributed by atoms with Crippen LogP contribution in [-0.2, 0) is 0 Å². The van der Waals surface area contributed by atoms with E-state index in [0.717, 1.165) is 11.1 Å². The summed E-state index contributed by atoms with van der Waals surface area (Å²) < 4.78 is 5.78. The van der Waals surface area contributed by atoms with Gasteiger partial charge < -0.3 is 4.42 Å². The fourth-order valence-electron chi connectivity index (χ4n) is 2.08. The maximum Gasteiger partial charge on any atom is 0.186 e. The first kappa shape index (κ1) is 14.4. The van der Waals surface area contributed by atoms with Crippen molar-refractivity contribution in [2.75, 3.05) is 0 Å². The molecule has 0 aliphatic rings. The van der Waals surface area contributed by atoms with Gasteiger partial charge in [0.2, 0.25) is 0 Å². The fourth-order valence-corrected chi connectivity index (χ4v) is 2.20. The normalized spacial score (nSPS) is 11.0. The summed E-state index contributed by atoms with van der Waals surface area (Å²) in [5.41, 5.74) is 1.78. The molecule has 3 rings (SSSR count). The summed E-state index contributed by atoms with van der Waals surface area (Å²) in [6, 6.07) is 20.0. The Kier molecular flexibility index (Phi) is 4.22. The second kappa shape index (κ2) is 6.46. The lowest BCUT2D eigenvalue weighted by atomic mass is 10.1. The Morgan fingerprint density at radius 2 is 1.59 bits per heavy atom. The molecule has 0 saturated carbocycles. The van der Waals surface area contributed by atoms with E-state index < -0.39 is 0 Å². The Morgan fingerprint density at radius 3 is 2.32 bits per heavy atom. The maximum absolute atomic E-state index is 11.8. The van der Waals surface area contributed by atoms with Crippen molar-refractivity contribution >= 4 is 23.8 Å². The van der Waals surface area contributed by atoms with E-state index in [1.165, 1.54) is 12.1 Å². The van der Waals surface area contributed by atoms with Gasteiger partial charge in [-0.3, -0.25) is 4.79 Å². The van der Waals surface area contributed by atoms with Crippen LogP contribution in [0.1, 0.15) is 11.3 Å². The molecule has 0 atom stereocenters. The van der Waals surface area contributed by atoms with Gasteiger partial charge in [-0.25, -0.2) is 0 Å². The predicted molar refractivity (Wildman–Crippen MR) is 90.8 cm³/mol. The lowest BCUT2D eigenvalue weighted by Crippen LogP contribution is -1.98. The van der Waals surface area contributed by atoms with Crippen LogP contribution in [0.15, 0.2) is 75.9 Å². The van der Waals surface area contributed by atoms with E-state index in [-0.39, 0.29) is 5.43 Å².